The molecule has 0 saturated heterocycles. The maximum atomic E-state index is 12.1. The lowest BCUT2D eigenvalue weighted by atomic mass is 9.88. The maximum absolute atomic E-state index is 12.1. The lowest BCUT2D eigenvalue weighted by molar-refractivity contribution is -0.153. The average molecular weight is 253 g/mol. The summed E-state index contributed by atoms with van der Waals surface area (Å²) in [6.07, 6.45) is 4.81. The number of methoxy groups -OCH3 is 1. The number of ether oxygens (including phenoxy) is 1. The van der Waals surface area contributed by atoms with Crippen molar-refractivity contribution in [2.24, 2.45) is 5.41 Å². The topological polar surface area (TPSA) is 29.5 Å². The van der Waals surface area contributed by atoms with Gasteiger partial charge in [0, 0.05) is 12.7 Å². The summed E-state index contributed by atoms with van der Waals surface area (Å²) in [5.41, 5.74) is 0.730. The largest absolute Gasteiger partial charge is 0.467 e. The van der Waals surface area contributed by atoms with Crippen LogP contribution in [0.5, 0.6) is 0 Å². The molecule has 0 unspecified atom stereocenters. The lowest BCUT2D eigenvalue weighted by Gasteiger charge is -2.40. The van der Waals surface area contributed by atoms with Crippen LogP contribution in [0, 0.1) is 5.41 Å². The van der Waals surface area contributed by atoms with Crippen LogP contribution in [-0.2, 0) is 9.53 Å². The van der Waals surface area contributed by atoms with E-state index >= 15 is 0 Å². The van der Waals surface area contributed by atoms with Gasteiger partial charge in [-0.2, -0.15) is 0 Å². The van der Waals surface area contributed by atoms with Gasteiger partial charge in [0.05, 0.1) is 7.11 Å². The number of hydrogen-bond donors (Lipinski definition) is 0. The van der Waals surface area contributed by atoms with Gasteiger partial charge in [0.2, 0.25) is 0 Å². The summed E-state index contributed by atoms with van der Waals surface area (Å²) in [6, 6.07) is 0. The van der Waals surface area contributed by atoms with E-state index in [-0.39, 0.29) is 11.4 Å². The Kier molecular flexibility index (Phi) is 4.46. The second-order valence-electron chi connectivity index (χ2n) is 6.59. The summed E-state index contributed by atoms with van der Waals surface area (Å²) in [5, 5.41) is 0. The molecule has 1 fully saturated rings. The zero-order valence-corrected chi connectivity index (χ0v) is 12.5. The molecule has 0 aliphatic heterocycles. The SMILES string of the molecule is C=C(CC(C)(C)C)N(C)C1(C(=O)OC)CCCC1. The molecular formula is C15H27NO2. The van der Waals surface area contributed by atoms with Crippen molar-refractivity contribution in [1.29, 1.82) is 0 Å². The number of hydrogen-bond acceptors (Lipinski definition) is 3. The first kappa shape index (κ1) is 15.1. The molecule has 0 radical (unpaired) electrons. The predicted molar refractivity (Wildman–Crippen MR) is 74.2 cm³/mol. The Bertz CT molecular complexity index is 322. The highest BCUT2D eigenvalue weighted by Crippen LogP contribution is 2.39. The van der Waals surface area contributed by atoms with Gasteiger partial charge in [-0.1, -0.05) is 40.2 Å². The first-order chi connectivity index (χ1) is 8.23. The van der Waals surface area contributed by atoms with Gasteiger partial charge in [0.25, 0.3) is 0 Å². The van der Waals surface area contributed by atoms with Gasteiger partial charge < -0.3 is 9.64 Å². The highest BCUT2D eigenvalue weighted by atomic mass is 16.5. The summed E-state index contributed by atoms with van der Waals surface area (Å²) in [6.45, 7) is 10.7. The van der Waals surface area contributed by atoms with Crippen molar-refractivity contribution in [2.45, 2.75) is 58.4 Å². The fourth-order valence-electron chi connectivity index (χ4n) is 2.86. The Morgan fingerprint density at radius 1 is 1.33 bits per heavy atom. The van der Waals surface area contributed by atoms with Crippen molar-refractivity contribution in [1.82, 2.24) is 4.90 Å². The Hall–Kier alpha value is -0.990. The Morgan fingerprint density at radius 3 is 2.22 bits per heavy atom. The van der Waals surface area contributed by atoms with Crippen molar-refractivity contribution in [3.05, 3.63) is 12.3 Å². The predicted octanol–water partition coefficient (Wildman–Crippen LogP) is 3.35. The van der Waals surface area contributed by atoms with Gasteiger partial charge in [-0.3, -0.25) is 0 Å². The molecule has 0 spiro atoms. The summed E-state index contributed by atoms with van der Waals surface area (Å²) >= 11 is 0. The molecule has 0 bridgehead atoms. The minimum atomic E-state index is -0.475. The van der Waals surface area contributed by atoms with E-state index in [1.807, 2.05) is 7.05 Å². The highest BCUT2D eigenvalue weighted by molar-refractivity contribution is 5.81. The van der Waals surface area contributed by atoms with Crippen LogP contribution in [0.25, 0.3) is 0 Å². The quantitative estimate of drug-likeness (QED) is 0.720. The number of rotatable bonds is 4. The third kappa shape index (κ3) is 3.06. The number of likely N-dealkylation sites (N-methyl/N-ethyl adjacent to an activating group) is 1. The van der Waals surface area contributed by atoms with E-state index in [2.05, 4.69) is 32.3 Å². The van der Waals surface area contributed by atoms with Crippen molar-refractivity contribution in [2.75, 3.05) is 14.2 Å². The van der Waals surface area contributed by atoms with Gasteiger partial charge in [-0.25, -0.2) is 4.79 Å². The fourth-order valence-corrected chi connectivity index (χ4v) is 2.86. The van der Waals surface area contributed by atoms with Crippen LogP contribution in [0.15, 0.2) is 12.3 Å². The molecule has 0 heterocycles. The van der Waals surface area contributed by atoms with Crippen molar-refractivity contribution < 1.29 is 9.53 Å². The van der Waals surface area contributed by atoms with E-state index in [0.29, 0.717) is 0 Å². The second kappa shape index (κ2) is 5.33. The monoisotopic (exact) mass is 253 g/mol. The molecule has 0 atom stereocenters. The molecule has 1 aliphatic carbocycles. The molecule has 1 saturated carbocycles. The zero-order valence-electron chi connectivity index (χ0n) is 12.5. The van der Waals surface area contributed by atoms with Gasteiger partial charge in [-0.15, -0.1) is 0 Å². The third-order valence-corrected chi connectivity index (χ3v) is 3.85. The van der Waals surface area contributed by atoms with E-state index in [9.17, 15) is 4.79 Å². The third-order valence-electron chi connectivity index (χ3n) is 3.85. The molecule has 0 aromatic heterocycles. The highest BCUT2D eigenvalue weighted by Gasteiger charge is 2.46. The number of esters is 1. The number of allylic oxidation sites excluding steroid dienone is 1. The Labute approximate surface area is 111 Å². The van der Waals surface area contributed by atoms with Gasteiger partial charge in [0.1, 0.15) is 5.54 Å². The van der Waals surface area contributed by atoms with E-state index < -0.39 is 5.54 Å². The van der Waals surface area contributed by atoms with E-state index in [4.69, 9.17) is 4.74 Å². The summed E-state index contributed by atoms with van der Waals surface area (Å²) < 4.78 is 5.02. The molecule has 0 amide bonds. The summed E-state index contributed by atoms with van der Waals surface area (Å²) in [4.78, 5) is 14.2. The molecule has 18 heavy (non-hydrogen) atoms. The van der Waals surface area contributed by atoms with Crippen LogP contribution in [0.2, 0.25) is 0 Å². The molecular weight excluding hydrogens is 226 g/mol. The standard InChI is InChI=1S/C15H27NO2/c1-12(11-14(2,3)4)16(5)15(13(17)18-6)9-7-8-10-15/h1,7-11H2,2-6H3. The lowest BCUT2D eigenvalue weighted by Crippen LogP contribution is -2.51. The van der Waals surface area contributed by atoms with Crippen LogP contribution in [0.3, 0.4) is 0 Å². The van der Waals surface area contributed by atoms with Crippen molar-refractivity contribution in [3.8, 4) is 0 Å². The Balaban J connectivity index is 2.87. The minimum absolute atomic E-state index is 0.113. The number of nitrogens with zero attached hydrogens (tertiary/aromatic N) is 1. The van der Waals surface area contributed by atoms with Gasteiger partial charge in [-0.05, 0) is 24.7 Å². The maximum Gasteiger partial charge on any atom is 0.331 e. The zero-order chi connectivity index (χ0) is 14.0. The first-order valence-corrected chi connectivity index (χ1v) is 6.73. The van der Waals surface area contributed by atoms with Crippen LogP contribution in [0.4, 0.5) is 0 Å². The molecule has 0 aromatic rings. The normalized spacial score (nSPS) is 18.5. The van der Waals surface area contributed by atoms with E-state index in [0.717, 1.165) is 37.8 Å². The molecule has 1 rings (SSSR count). The second-order valence-corrected chi connectivity index (χ2v) is 6.59. The molecule has 0 N–H and O–H groups in total. The molecule has 3 heteroatoms. The minimum Gasteiger partial charge on any atom is -0.467 e. The molecule has 3 nitrogen and oxygen atoms in total. The van der Waals surface area contributed by atoms with Crippen LogP contribution in [-0.4, -0.2) is 30.6 Å². The van der Waals surface area contributed by atoms with E-state index in [1.165, 1.54) is 7.11 Å². The number of carbonyl (C=O) groups is 1. The smallest absolute Gasteiger partial charge is 0.331 e. The van der Waals surface area contributed by atoms with Gasteiger partial charge in [0.15, 0.2) is 0 Å². The van der Waals surface area contributed by atoms with Crippen LogP contribution >= 0.6 is 0 Å². The first-order valence-electron chi connectivity index (χ1n) is 6.73. The van der Waals surface area contributed by atoms with Gasteiger partial charge >= 0.3 is 5.97 Å². The fraction of sp³-hybridized carbons (Fsp3) is 0.800. The average Bonchev–Trinajstić information content (AvgIpc) is 2.74. The molecule has 0 aromatic carbocycles. The number of carbonyl (C=O) groups excluding carboxylic acids is 1. The van der Waals surface area contributed by atoms with Crippen LogP contribution < -0.4 is 0 Å². The van der Waals surface area contributed by atoms with E-state index in [1.54, 1.807) is 0 Å². The van der Waals surface area contributed by atoms with Crippen LogP contribution in [0.1, 0.15) is 52.9 Å². The summed E-state index contributed by atoms with van der Waals surface area (Å²) in [7, 11) is 3.46. The van der Waals surface area contributed by atoms with Crippen molar-refractivity contribution >= 4 is 5.97 Å². The molecule has 1 aliphatic rings. The Morgan fingerprint density at radius 2 is 1.83 bits per heavy atom. The van der Waals surface area contributed by atoms with Crippen molar-refractivity contribution in [3.63, 3.8) is 0 Å². The molecule has 104 valence electrons. The summed E-state index contributed by atoms with van der Waals surface area (Å²) in [5.74, 6) is -0.113.